The topological polar surface area (TPSA) is 47.6 Å². The van der Waals surface area contributed by atoms with E-state index in [2.05, 4.69) is 29.1 Å². The number of hydrogen-bond donors (Lipinski definition) is 1. The van der Waals surface area contributed by atoms with Crippen molar-refractivity contribution in [2.45, 2.75) is 33.2 Å². The summed E-state index contributed by atoms with van der Waals surface area (Å²) in [4.78, 5) is 11.0. The summed E-state index contributed by atoms with van der Waals surface area (Å²) in [5, 5.41) is 3.34. The van der Waals surface area contributed by atoms with Crippen LogP contribution in [-0.4, -0.2) is 26.7 Å². The average Bonchev–Trinajstić information content (AvgIpc) is 2.41. The Kier molecular flexibility index (Phi) is 6.36. The van der Waals surface area contributed by atoms with Gasteiger partial charge in [-0.05, 0) is 49.6 Å². The van der Waals surface area contributed by atoms with Gasteiger partial charge in [0.2, 0.25) is 0 Å². The molecule has 4 heteroatoms. The maximum absolute atomic E-state index is 11.0. The maximum atomic E-state index is 11.0. The van der Waals surface area contributed by atoms with Gasteiger partial charge in [0.05, 0.1) is 14.2 Å². The smallest absolute Gasteiger partial charge is 0.305 e. The summed E-state index contributed by atoms with van der Waals surface area (Å²) < 4.78 is 9.89. The first-order valence-corrected chi connectivity index (χ1v) is 6.50. The summed E-state index contributed by atoms with van der Waals surface area (Å²) in [6.45, 7) is 5.73. The molecular weight excluding hydrogens is 242 g/mol. The molecule has 0 aliphatic carbocycles. The van der Waals surface area contributed by atoms with Gasteiger partial charge in [-0.15, -0.1) is 0 Å². The number of carbonyl (C=O) groups is 1. The quantitative estimate of drug-likeness (QED) is 0.607. The lowest BCUT2D eigenvalue weighted by Gasteiger charge is -2.12. The van der Waals surface area contributed by atoms with Crippen LogP contribution in [0.25, 0.3) is 0 Å². The van der Waals surface area contributed by atoms with Crippen molar-refractivity contribution in [1.82, 2.24) is 5.32 Å². The van der Waals surface area contributed by atoms with Gasteiger partial charge in [0.1, 0.15) is 5.75 Å². The zero-order valence-electron chi connectivity index (χ0n) is 12.2. The van der Waals surface area contributed by atoms with Crippen molar-refractivity contribution in [2.24, 2.45) is 0 Å². The molecule has 0 spiro atoms. The lowest BCUT2D eigenvalue weighted by Crippen LogP contribution is -2.17. The van der Waals surface area contributed by atoms with Crippen molar-refractivity contribution in [3.05, 3.63) is 28.8 Å². The van der Waals surface area contributed by atoms with Crippen LogP contribution < -0.4 is 10.1 Å². The first-order chi connectivity index (χ1) is 9.08. The highest BCUT2D eigenvalue weighted by Crippen LogP contribution is 2.22. The Morgan fingerprint density at radius 3 is 2.58 bits per heavy atom. The number of rotatable bonds is 7. The third kappa shape index (κ3) is 4.91. The summed E-state index contributed by atoms with van der Waals surface area (Å²) in [5.74, 6) is 0.769. The molecule has 0 saturated carbocycles. The van der Waals surface area contributed by atoms with Crippen molar-refractivity contribution in [2.75, 3.05) is 20.8 Å². The molecule has 19 heavy (non-hydrogen) atoms. The van der Waals surface area contributed by atoms with E-state index in [0.717, 1.165) is 30.8 Å². The number of esters is 1. The zero-order chi connectivity index (χ0) is 14.3. The molecule has 0 aliphatic heterocycles. The van der Waals surface area contributed by atoms with Gasteiger partial charge in [-0.3, -0.25) is 4.79 Å². The fourth-order valence-corrected chi connectivity index (χ4v) is 1.94. The summed E-state index contributed by atoms with van der Waals surface area (Å²) in [5.41, 5.74) is 3.61. The predicted molar refractivity (Wildman–Crippen MR) is 75.4 cm³/mol. The van der Waals surface area contributed by atoms with E-state index in [9.17, 15) is 4.79 Å². The predicted octanol–water partition coefficient (Wildman–Crippen LogP) is 2.35. The number of hydrogen-bond acceptors (Lipinski definition) is 4. The van der Waals surface area contributed by atoms with Gasteiger partial charge in [-0.25, -0.2) is 0 Å². The zero-order valence-corrected chi connectivity index (χ0v) is 12.2. The van der Waals surface area contributed by atoms with E-state index in [1.807, 2.05) is 6.92 Å². The number of aryl methyl sites for hydroxylation is 2. The molecule has 1 N–H and O–H groups in total. The highest BCUT2D eigenvalue weighted by molar-refractivity contribution is 5.69. The van der Waals surface area contributed by atoms with Gasteiger partial charge in [0.25, 0.3) is 0 Å². The van der Waals surface area contributed by atoms with E-state index < -0.39 is 0 Å². The third-order valence-electron chi connectivity index (χ3n) is 3.13. The van der Waals surface area contributed by atoms with Crippen LogP contribution in [0.4, 0.5) is 0 Å². The van der Waals surface area contributed by atoms with Crippen LogP contribution in [0.15, 0.2) is 12.1 Å². The molecule has 1 aromatic rings. The van der Waals surface area contributed by atoms with Crippen molar-refractivity contribution < 1.29 is 14.3 Å². The van der Waals surface area contributed by atoms with Crippen LogP contribution >= 0.6 is 0 Å². The molecule has 1 rings (SSSR count). The van der Waals surface area contributed by atoms with E-state index in [-0.39, 0.29) is 5.97 Å². The molecule has 0 amide bonds. The summed E-state index contributed by atoms with van der Waals surface area (Å²) in [7, 11) is 3.10. The molecule has 0 bridgehead atoms. The Morgan fingerprint density at radius 1 is 1.21 bits per heavy atom. The Labute approximate surface area is 115 Å². The molecule has 1 aromatic carbocycles. The number of benzene rings is 1. The Balaban J connectivity index is 2.41. The fourth-order valence-electron chi connectivity index (χ4n) is 1.94. The Bertz CT molecular complexity index is 430. The normalized spacial score (nSPS) is 10.3. The van der Waals surface area contributed by atoms with Gasteiger partial charge in [0.15, 0.2) is 0 Å². The van der Waals surface area contributed by atoms with Crippen molar-refractivity contribution in [1.29, 1.82) is 0 Å². The molecule has 0 aliphatic rings. The summed E-state index contributed by atoms with van der Waals surface area (Å²) in [6.07, 6.45) is 1.25. The minimum atomic E-state index is -0.154. The van der Waals surface area contributed by atoms with E-state index in [0.29, 0.717) is 6.42 Å². The molecule has 0 unspecified atom stereocenters. The van der Waals surface area contributed by atoms with Gasteiger partial charge >= 0.3 is 5.97 Å². The van der Waals surface area contributed by atoms with Crippen LogP contribution in [0, 0.1) is 13.8 Å². The SMILES string of the molecule is COC(=O)CCCNCc1cc(C)c(OC)cc1C. The second-order valence-electron chi connectivity index (χ2n) is 4.60. The second-order valence-corrected chi connectivity index (χ2v) is 4.60. The molecule has 106 valence electrons. The highest BCUT2D eigenvalue weighted by Gasteiger charge is 2.05. The second kappa shape index (κ2) is 7.79. The lowest BCUT2D eigenvalue weighted by atomic mass is 10.0. The third-order valence-corrected chi connectivity index (χ3v) is 3.13. The minimum Gasteiger partial charge on any atom is -0.496 e. The van der Waals surface area contributed by atoms with Crippen LogP contribution in [0.3, 0.4) is 0 Å². The number of ether oxygens (including phenoxy) is 2. The number of carbonyl (C=O) groups excluding carboxylic acids is 1. The standard InChI is InChI=1S/C15H23NO3/c1-11-9-14(18-3)12(2)8-13(11)10-16-7-5-6-15(17)19-4/h8-9,16H,5-7,10H2,1-4H3. The van der Waals surface area contributed by atoms with Crippen LogP contribution in [0.1, 0.15) is 29.5 Å². The Hall–Kier alpha value is -1.55. The van der Waals surface area contributed by atoms with Gasteiger partial charge in [-0.2, -0.15) is 0 Å². The number of methoxy groups -OCH3 is 2. The van der Waals surface area contributed by atoms with E-state index in [4.69, 9.17) is 4.74 Å². The molecule has 0 saturated heterocycles. The van der Waals surface area contributed by atoms with E-state index in [1.54, 1.807) is 7.11 Å². The monoisotopic (exact) mass is 265 g/mol. The largest absolute Gasteiger partial charge is 0.496 e. The molecule has 0 atom stereocenters. The minimum absolute atomic E-state index is 0.154. The van der Waals surface area contributed by atoms with Crippen molar-refractivity contribution in [3.63, 3.8) is 0 Å². The van der Waals surface area contributed by atoms with Crippen LogP contribution in [0.2, 0.25) is 0 Å². The lowest BCUT2D eigenvalue weighted by molar-refractivity contribution is -0.140. The molecule has 0 radical (unpaired) electrons. The van der Waals surface area contributed by atoms with Gasteiger partial charge < -0.3 is 14.8 Å². The van der Waals surface area contributed by atoms with Crippen LogP contribution in [0.5, 0.6) is 5.75 Å². The van der Waals surface area contributed by atoms with Crippen molar-refractivity contribution in [3.8, 4) is 5.75 Å². The average molecular weight is 265 g/mol. The summed E-state index contributed by atoms with van der Waals surface area (Å²) in [6, 6.07) is 4.20. The molecule has 0 heterocycles. The molecule has 4 nitrogen and oxygen atoms in total. The summed E-state index contributed by atoms with van der Waals surface area (Å²) >= 11 is 0. The fraction of sp³-hybridized carbons (Fsp3) is 0.533. The highest BCUT2D eigenvalue weighted by atomic mass is 16.5. The maximum Gasteiger partial charge on any atom is 0.305 e. The van der Waals surface area contributed by atoms with E-state index in [1.165, 1.54) is 18.2 Å². The van der Waals surface area contributed by atoms with E-state index >= 15 is 0 Å². The molecule has 0 aromatic heterocycles. The van der Waals surface area contributed by atoms with Crippen LogP contribution in [-0.2, 0) is 16.1 Å². The van der Waals surface area contributed by atoms with Crippen molar-refractivity contribution >= 4 is 5.97 Å². The first-order valence-electron chi connectivity index (χ1n) is 6.50. The molecular formula is C15H23NO3. The van der Waals surface area contributed by atoms with Gasteiger partial charge in [-0.1, -0.05) is 6.07 Å². The van der Waals surface area contributed by atoms with Gasteiger partial charge in [0, 0.05) is 13.0 Å². The first kappa shape index (κ1) is 15.5. The molecule has 0 fully saturated rings. The number of nitrogens with one attached hydrogen (secondary N) is 1. The Morgan fingerprint density at radius 2 is 1.95 bits per heavy atom.